The van der Waals surface area contributed by atoms with Crippen molar-refractivity contribution in [3.63, 3.8) is 0 Å². The Morgan fingerprint density at radius 1 is 0.609 bits per heavy atom. The van der Waals surface area contributed by atoms with Gasteiger partial charge in [0.05, 0.1) is 25.4 Å². The van der Waals surface area contributed by atoms with E-state index in [1.54, 1.807) is 53.7 Å². The van der Waals surface area contributed by atoms with Crippen molar-refractivity contribution in [2.45, 2.75) is 115 Å². The maximum Gasteiger partial charge on any atom is 0.360 e. The maximum absolute atomic E-state index is 13.1. The molecule has 0 radical (unpaired) electrons. The highest BCUT2D eigenvalue weighted by atomic mass is 16.7. The molecular formula is C44H54N2O18. The number of aliphatic hydroxyl groups excluding tert-OH is 4. The first kappa shape index (κ1) is 47.9. The summed E-state index contributed by atoms with van der Waals surface area (Å²) < 4.78 is 56.8. The molecule has 2 aliphatic rings. The first-order chi connectivity index (χ1) is 30.2. The van der Waals surface area contributed by atoms with E-state index in [1.807, 2.05) is 0 Å². The molecule has 0 spiro atoms. The number of rotatable bonds is 14. The predicted octanol–water partition coefficient (Wildman–Crippen LogP) is 2.95. The summed E-state index contributed by atoms with van der Waals surface area (Å²) in [7, 11) is 5.44. The highest BCUT2D eigenvalue weighted by molar-refractivity contribution is 5.96. The largest absolute Gasteiger partial charge is 0.490 e. The van der Waals surface area contributed by atoms with Crippen molar-refractivity contribution >= 4 is 45.1 Å². The van der Waals surface area contributed by atoms with Gasteiger partial charge in [0.15, 0.2) is 22.7 Å². The number of fused-ring (bicyclic) bond motifs is 2. The molecule has 2 aromatic heterocycles. The number of hydrogen-bond acceptors (Lipinski definition) is 18. The summed E-state index contributed by atoms with van der Waals surface area (Å²) in [5, 5.41) is 48.7. The van der Waals surface area contributed by atoms with Gasteiger partial charge >= 0.3 is 11.3 Å². The third-order valence-electron chi connectivity index (χ3n) is 11.0. The number of hydrogen-bond donors (Lipinski definition) is 6. The van der Waals surface area contributed by atoms with Crippen LogP contribution in [0.1, 0.15) is 51.7 Å². The van der Waals surface area contributed by atoms with Crippen LogP contribution >= 0.6 is 0 Å². The number of amides is 2. The van der Waals surface area contributed by atoms with Gasteiger partial charge in [-0.15, -0.1) is 0 Å². The SMILES string of the molecule is COc1c(O[C@@H]2OC(C)(C)[C@H](OC)[C@@H](O)[C@H]2O)c(C)cc2cc(NC(=O)C/C=C/CC(=O)Nc3cc4cc(C)c(O[C@@H]5OC(C)(C)[C@H](OC)[C@@H](O)[C@H]5O)c(OC)c4oc3=O)c(=O)oc12. The number of ether oxygens (including phenoxy) is 8. The molecule has 2 saturated heterocycles. The fourth-order valence-corrected chi connectivity index (χ4v) is 7.97. The molecule has 348 valence electrons. The van der Waals surface area contributed by atoms with E-state index >= 15 is 0 Å². The minimum absolute atomic E-state index is 0.0112. The lowest BCUT2D eigenvalue weighted by atomic mass is 9.89. The molecule has 6 rings (SSSR count). The van der Waals surface area contributed by atoms with Crippen LogP contribution in [0.5, 0.6) is 23.0 Å². The fraction of sp³-hybridized carbons (Fsp3) is 0.500. The van der Waals surface area contributed by atoms with E-state index in [-0.39, 0.29) is 58.4 Å². The van der Waals surface area contributed by atoms with Gasteiger partial charge in [0.2, 0.25) is 35.9 Å². The average Bonchev–Trinajstić information content (AvgIpc) is 3.22. The lowest BCUT2D eigenvalue weighted by Crippen LogP contribution is -2.63. The second-order valence-electron chi connectivity index (χ2n) is 16.5. The zero-order chi connectivity index (χ0) is 47.0. The van der Waals surface area contributed by atoms with Crippen molar-refractivity contribution in [3.8, 4) is 23.0 Å². The zero-order valence-electron chi connectivity index (χ0n) is 37.0. The molecule has 0 aliphatic carbocycles. The summed E-state index contributed by atoms with van der Waals surface area (Å²) in [4.78, 5) is 51.8. The van der Waals surface area contributed by atoms with E-state index in [1.165, 1.54) is 52.7 Å². The summed E-state index contributed by atoms with van der Waals surface area (Å²) in [5.74, 6) is -0.999. The molecule has 2 aliphatic heterocycles. The van der Waals surface area contributed by atoms with E-state index in [0.717, 1.165) is 0 Å². The first-order valence-electron chi connectivity index (χ1n) is 20.2. The first-order valence-corrected chi connectivity index (χ1v) is 20.2. The smallest absolute Gasteiger partial charge is 0.360 e. The molecular weight excluding hydrogens is 844 g/mol. The third kappa shape index (κ3) is 9.45. The highest BCUT2D eigenvalue weighted by Gasteiger charge is 2.52. The number of carbonyl (C=O) groups excluding carboxylic acids is 2. The van der Waals surface area contributed by atoms with Gasteiger partial charge in [-0.3, -0.25) is 9.59 Å². The van der Waals surface area contributed by atoms with E-state index in [2.05, 4.69) is 10.6 Å². The minimum Gasteiger partial charge on any atom is -0.490 e. The van der Waals surface area contributed by atoms with E-state index in [0.29, 0.717) is 21.9 Å². The molecule has 0 bridgehead atoms. The van der Waals surface area contributed by atoms with Crippen molar-refractivity contribution in [1.29, 1.82) is 0 Å². The van der Waals surface area contributed by atoms with Gasteiger partial charge in [0.1, 0.15) is 48.0 Å². The molecule has 8 atom stereocenters. The van der Waals surface area contributed by atoms with Crippen LogP contribution in [0.2, 0.25) is 0 Å². The number of anilines is 2. The number of carbonyl (C=O) groups is 2. The summed E-state index contributed by atoms with van der Waals surface area (Å²) in [6.45, 7) is 10.1. The topological polar surface area (TPSA) is 273 Å². The van der Waals surface area contributed by atoms with Gasteiger partial charge in [-0.25, -0.2) is 9.59 Å². The van der Waals surface area contributed by atoms with E-state index in [4.69, 9.17) is 46.7 Å². The average molecular weight is 899 g/mol. The lowest BCUT2D eigenvalue weighted by molar-refractivity contribution is -0.306. The summed E-state index contributed by atoms with van der Waals surface area (Å²) in [5.41, 5.74) is -3.29. The monoisotopic (exact) mass is 898 g/mol. The van der Waals surface area contributed by atoms with Crippen LogP contribution in [0.15, 0.2) is 54.8 Å². The number of aryl methyl sites for hydroxylation is 2. The van der Waals surface area contributed by atoms with Gasteiger partial charge in [0, 0.05) is 37.8 Å². The van der Waals surface area contributed by atoms with E-state index < -0.39 is 83.5 Å². The molecule has 4 heterocycles. The van der Waals surface area contributed by atoms with Crippen LogP contribution in [-0.4, -0.2) is 121 Å². The number of aliphatic hydroxyl groups is 4. The maximum atomic E-state index is 13.1. The Morgan fingerprint density at radius 3 is 1.30 bits per heavy atom. The van der Waals surface area contributed by atoms with Crippen molar-refractivity contribution < 1.29 is 76.7 Å². The summed E-state index contributed by atoms with van der Waals surface area (Å²) in [6, 6.07) is 6.03. The molecule has 2 amide bonds. The van der Waals surface area contributed by atoms with Crippen LogP contribution in [0.3, 0.4) is 0 Å². The second kappa shape index (κ2) is 18.9. The molecule has 6 N–H and O–H groups in total. The molecule has 20 nitrogen and oxygen atoms in total. The summed E-state index contributed by atoms with van der Waals surface area (Å²) >= 11 is 0. The highest BCUT2D eigenvalue weighted by Crippen LogP contribution is 2.43. The molecule has 0 unspecified atom stereocenters. The van der Waals surface area contributed by atoms with E-state index in [9.17, 15) is 39.6 Å². The molecule has 20 heteroatoms. The number of nitrogens with one attached hydrogen (secondary N) is 2. The van der Waals surface area contributed by atoms with Gasteiger partial charge in [0.25, 0.3) is 0 Å². The normalized spacial score (nSPS) is 25.3. The van der Waals surface area contributed by atoms with Crippen molar-refractivity contribution in [3.05, 3.63) is 68.4 Å². The Bertz CT molecular complexity index is 2370. The Morgan fingerprint density at radius 2 is 0.969 bits per heavy atom. The Hall–Kier alpha value is -5.58. The number of benzene rings is 2. The minimum atomic E-state index is -1.50. The second-order valence-corrected chi connectivity index (χ2v) is 16.5. The van der Waals surface area contributed by atoms with Crippen LogP contribution in [0.4, 0.5) is 11.4 Å². The molecule has 2 aromatic carbocycles. The van der Waals surface area contributed by atoms with Crippen LogP contribution < -0.4 is 40.8 Å². The summed E-state index contributed by atoms with van der Waals surface area (Å²) in [6.07, 6.45) is -7.70. The van der Waals surface area contributed by atoms with Crippen molar-refractivity contribution in [1.82, 2.24) is 0 Å². The van der Waals surface area contributed by atoms with Crippen LogP contribution in [-0.2, 0) is 28.5 Å². The Balaban J connectivity index is 1.09. The van der Waals surface area contributed by atoms with Crippen molar-refractivity contribution in [2.75, 3.05) is 39.1 Å². The Kier molecular flexibility index (Phi) is 14.1. The van der Waals surface area contributed by atoms with Crippen molar-refractivity contribution in [2.24, 2.45) is 0 Å². The van der Waals surface area contributed by atoms with Gasteiger partial charge < -0.3 is 77.8 Å². The zero-order valence-corrected chi connectivity index (χ0v) is 37.0. The van der Waals surface area contributed by atoms with Gasteiger partial charge in [-0.2, -0.15) is 0 Å². The molecule has 2 fully saturated rings. The predicted molar refractivity (Wildman–Crippen MR) is 228 cm³/mol. The third-order valence-corrected chi connectivity index (χ3v) is 11.0. The number of methoxy groups -OCH3 is 4. The standard InChI is InChI=1S/C44H54N2O18/c1-19-15-21-17-23(39(53)59-33(21)35(55-7)31(19)61-41-29(51)27(49)37(57-9)43(3,4)63-41)45-25(47)13-11-12-14-26(48)46-24-18-22-16-20(2)32(36(56-8)34(22)60-40(24)54)62-42-30(52)28(50)38(58-10)44(5,6)64-42/h11-12,15-18,27-30,37-38,41-42,49-52H,13-14H2,1-10H3,(H,45,47)(H,46,48)/b12-11+/t27-,28-,29+,30+,37+,38+,41+,42+/m0/s1. The quantitative estimate of drug-likeness (QED) is 0.0784. The van der Waals surface area contributed by atoms with Gasteiger partial charge in [-0.05, 0) is 76.9 Å². The fourth-order valence-electron chi connectivity index (χ4n) is 7.97. The molecule has 4 aromatic rings. The van der Waals surface area contributed by atoms with Crippen LogP contribution in [0, 0.1) is 13.8 Å². The van der Waals surface area contributed by atoms with Crippen LogP contribution in [0.25, 0.3) is 21.9 Å². The molecule has 64 heavy (non-hydrogen) atoms. The lowest BCUT2D eigenvalue weighted by Gasteiger charge is -2.46. The van der Waals surface area contributed by atoms with Gasteiger partial charge in [-0.1, -0.05) is 12.2 Å². The Labute approximate surface area is 366 Å². The molecule has 0 saturated carbocycles.